The van der Waals surface area contributed by atoms with Crippen LogP contribution in [-0.2, 0) is 0 Å². The van der Waals surface area contributed by atoms with Gasteiger partial charge >= 0.3 is 0 Å². The molecule has 0 atom stereocenters. The molecule has 1 heterocycles. The number of hydrogen-bond donors (Lipinski definition) is 1. The van der Waals surface area contributed by atoms with Gasteiger partial charge in [-0.15, -0.1) is 0 Å². The second-order valence-electron chi connectivity index (χ2n) is 4.03. The summed E-state index contributed by atoms with van der Waals surface area (Å²) in [6, 6.07) is 15.9. The van der Waals surface area contributed by atoms with E-state index in [1.807, 2.05) is 48.5 Å². The van der Waals surface area contributed by atoms with Crippen molar-refractivity contribution in [2.75, 3.05) is 0 Å². The molecular weight excluding hydrogens is 370 g/mol. The van der Waals surface area contributed by atoms with Crippen molar-refractivity contribution in [1.29, 1.82) is 0 Å². The molecule has 0 fully saturated rings. The van der Waals surface area contributed by atoms with Crippen molar-refractivity contribution in [3.8, 4) is 22.8 Å². The number of nitrogens with zero attached hydrogens (tertiary/aromatic N) is 2. The predicted octanol–water partition coefficient (Wildman–Crippen LogP) is 4.66. The zero-order valence-electron chi connectivity index (χ0n) is 9.77. The third-order valence-corrected chi connectivity index (χ3v) is 3.57. The molecule has 1 aromatic heterocycles. The van der Waals surface area contributed by atoms with Crippen LogP contribution in [-0.4, -0.2) is 15.2 Å². The molecule has 0 aliphatic carbocycles. The number of rotatable bonds is 2. The molecule has 1 N–H and O–H groups in total. The van der Waals surface area contributed by atoms with E-state index in [9.17, 15) is 0 Å². The zero-order valence-corrected chi connectivity index (χ0v) is 12.9. The highest BCUT2D eigenvalue weighted by atomic mass is 79.9. The maximum Gasteiger partial charge on any atom is 0.181 e. The normalized spacial score (nSPS) is 10.6. The van der Waals surface area contributed by atoms with E-state index in [0.717, 1.165) is 25.9 Å². The largest absolute Gasteiger partial charge is 0.259 e. The topological polar surface area (TPSA) is 41.6 Å². The van der Waals surface area contributed by atoms with E-state index >= 15 is 0 Å². The molecule has 0 aliphatic rings. The van der Waals surface area contributed by atoms with Gasteiger partial charge in [-0.1, -0.05) is 62.2 Å². The third kappa shape index (κ3) is 2.77. The molecule has 3 nitrogen and oxygen atoms in total. The van der Waals surface area contributed by atoms with Crippen LogP contribution in [0.1, 0.15) is 0 Å². The van der Waals surface area contributed by atoms with Crippen molar-refractivity contribution in [1.82, 2.24) is 15.2 Å². The summed E-state index contributed by atoms with van der Waals surface area (Å²) >= 11 is 6.93. The molecule has 0 saturated carbocycles. The molecule has 19 heavy (non-hydrogen) atoms. The van der Waals surface area contributed by atoms with Gasteiger partial charge < -0.3 is 0 Å². The van der Waals surface area contributed by atoms with E-state index in [2.05, 4.69) is 47.0 Å². The summed E-state index contributed by atoms with van der Waals surface area (Å²) in [5.41, 5.74) is 1.98. The Kier molecular flexibility index (Phi) is 3.48. The van der Waals surface area contributed by atoms with E-state index < -0.39 is 0 Å². The highest BCUT2D eigenvalue weighted by molar-refractivity contribution is 9.11. The lowest BCUT2D eigenvalue weighted by Gasteiger charge is -1.98. The smallest absolute Gasteiger partial charge is 0.181 e. The van der Waals surface area contributed by atoms with E-state index in [-0.39, 0.29) is 0 Å². The maximum absolute atomic E-state index is 4.52. The lowest BCUT2D eigenvalue weighted by molar-refractivity contribution is 1.10. The highest BCUT2D eigenvalue weighted by Gasteiger charge is 2.08. The summed E-state index contributed by atoms with van der Waals surface area (Å²) in [4.78, 5) is 4.52. The van der Waals surface area contributed by atoms with Gasteiger partial charge in [0, 0.05) is 20.1 Å². The fraction of sp³-hybridized carbons (Fsp3) is 0. The molecule has 0 radical (unpaired) electrons. The number of benzene rings is 2. The number of hydrogen-bond acceptors (Lipinski definition) is 2. The molecule has 3 aromatic rings. The average molecular weight is 379 g/mol. The number of halogens is 2. The van der Waals surface area contributed by atoms with Crippen LogP contribution in [0.2, 0.25) is 0 Å². The fourth-order valence-corrected chi connectivity index (χ4v) is 3.09. The third-order valence-electron chi connectivity index (χ3n) is 2.65. The van der Waals surface area contributed by atoms with Gasteiger partial charge in [-0.3, -0.25) is 5.10 Å². The monoisotopic (exact) mass is 377 g/mol. The van der Waals surface area contributed by atoms with Crippen LogP contribution in [0.15, 0.2) is 57.5 Å². The molecule has 94 valence electrons. The van der Waals surface area contributed by atoms with Crippen molar-refractivity contribution < 1.29 is 0 Å². The van der Waals surface area contributed by atoms with Crippen LogP contribution in [0.4, 0.5) is 0 Å². The summed E-state index contributed by atoms with van der Waals surface area (Å²) in [7, 11) is 0. The van der Waals surface area contributed by atoms with Crippen molar-refractivity contribution in [2.45, 2.75) is 0 Å². The minimum absolute atomic E-state index is 0.681. The number of nitrogens with one attached hydrogen (secondary N) is 1. The number of aromatic amines is 1. The van der Waals surface area contributed by atoms with Crippen LogP contribution in [0, 0.1) is 0 Å². The van der Waals surface area contributed by atoms with E-state index in [1.165, 1.54) is 0 Å². The van der Waals surface area contributed by atoms with Gasteiger partial charge in [0.2, 0.25) is 0 Å². The molecule has 0 aliphatic heterocycles. The first-order valence-electron chi connectivity index (χ1n) is 5.67. The van der Waals surface area contributed by atoms with Crippen LogP contribution >= 0.6 is 31.9 Å². The summed E-state index contributed by atoms with van der Waals surface area (Å²) in [6.45, 7) is 0. The number of aromatic nitrogens is 3. The summed E-state index contributed by atoms with van der Waals surface area (Å²) in [5, 5.41) is 7.23. The summed E-state index contributed by atoms with van der Waals surface area (Å²) < 4.78 is 1.98. The molecule has 5 heteroatoms. The SMILES string of the molecule is Brc1cc(Br)cc(-c2n[nH]c(-c3ccccc3)n2)c1. The average Bonchev–Trinajstić information content (AvgIpc) is 2.88. The molecule has 2 aromatic carbocycles. The Hall–Kier alpha value is -1.46. The Morgan fingerprint density at radius 3 is 2.21 bits per heavy atom. The van der Waals surface area contributed by atoms with Crippen molar-refractivity contribution in [3.05, 3.63) is 57.5 Å². The van der Waals surface area contributed by atoms with Crippen molar-refractivity contribution >= 4 is 31.9 Å². The van der Waals surface area contributed by atoms with Gasteiger partial charge in [0.15, 0.2) is 11.6 Å². The van der Waals surface area contributed by atoms with Gasteiger partial charge in [-0.2, -0.15) is 5.10 Å². The van der Waals surface area contributed by atoms with Crippen molar-refractivity contribution in [2.24, 2.45) is 0 Å². The van der Waals surface area contributed by atoms with Crippen LogP contribution in [0.3, 0.4) is 0 Å². The van der Waals surface area contributed by atoms with Gasteiger partial charge in [-0.05, 0) is 18.2 Å². The Balaban J connectivity index is 2.02. The Bertz CT molecular complexity index is 687. The second kappa shape index (κ2) is 5.27. The van der Waals surface area contributed by atoms with Crippen LogP contribution in [0.25, 0.3) is 22.8 Å². The van der Waals surface area contributed by atoms with Crippen molar-refractivity contribution in [3.63, 3.8) is 0 Å². The van der Waals surface area contributed by atoms with E-state index in [4.69, 9.17) is 0 Å². The molecule has 3 rings (SSSR count). The lowest BCUT2D eigenvalue weighted by atomic mass is 10.2. The predicted molar refractivity (Wildman–Crippen MR) is 82.7 cm³/mol. The Morgan fingerprint density at radius 2 is 1.53 bits per heavy atom. The maximum atomic E-state index is 4.52. The lowest BCUT2D eigenvalue weighted by Crippen LogP contribution is -1.82. The van der Waals surface area contributed by atoms with Gasteiger partial charge in [-0.25, -0.2) is 4.98 Å². The highest BCUT2D eigenvalue weighted by Crippen LogP contribution is 2.26. The first-order valence-corrected chi connectivity index (χ1v) is 7.25. The molecular formula is C14H9Br2N3. The van der Waals surface area contributed by atoms with Gasteiger partial charge in [0.1, 0.15) is 0 Å². The molecule has 0 saturated heterocycles. The minimum Gasteiger partial charge on any atom is -0.259 e. The minimum atomic E-state index is 0.681. The molecule has 0 bridgehead atoms. The van der Waals surface area contributed by atoms with E-state index in [1.54, 1.807) is 0 Å². The Morgan fingerprint density at radius 1 is 0.842 bits per heavy atom. The standard InChI is InChI=1S/C14H9Br2N3/c15-11-6-10(7-12(16)8-11)14-17-13(18-19-14)9-4-2-1-3-5-9/h1-8H,(H,17,18,19). The quantitative estimate of drug-likeness (QED) is 0.704. The van der Waals surface area contributed by atoms with Crippen LogP contribution in [0.5, 0.6) is 0 Å². The molecule has 0 unspecified atom stereocenters. The van der Waals surface area contributed by atoms with Gasteiger partial charge in [0.25, 0.3) is 0 Å². The second-order valence-corrected chi connectivity index (χ2v) is 5.86. The van der Waals surface area contributed by atoms with Gasteiger partial charge in [0.05, 0.1) is 0 Å². The first kappa shape index (κ1) is 12.6. The Labute approximate surface area is 127 Å². The summed E-state index contributed by atoms with van der Waals surface area (Å²) in [5.74, 6) is 1.45. The molecule has 0 amide bonds. The fourth-order valence-electron chi connectivity index (χ4n) is 1.80. The van der Waals surface area contributed by atoms with Crippen LogP contribution < -0.4 is 0 Å². The van der Waals surface area contributed by atoms with E-state index in [0.29, 0.717) is 5.82 Å². The number of H-pyrrole nitrogens is 1. The summed E-state index contributed by atoms with van der Waals surface area (Å²) in [6.07, 6.45) is 0. The molecule has 0 spiro atoms. The first-order chi connectivity index (χ1) is 9.22. The zero-order chi connectivity index (χ0) is 13.2.